The third-order valence-electron chi connectivity index (χ3n) is 2.88. The maximum Gasteiger partial charge on any atom is 0.231 e. The van der Waals surface area contributed by atoms with Gasteiger partial charge in [-0.25, -0.2) is 8.78 Å². The Balaban J connectivity index is 2.40. The minimum absolute atomic E-state index is 0.0967. The van der Waals surface area contributed by atoms with Gasteiger partial charge in [0, 0.05) is 11.3 Å². The molecule has 2 aromatic rings. The lowest BCUT2D eigenvalue weighted by atomic mass is 9.94. The van der Waals surface area contributed by atoms with E-state index < -0.39 is 29.0 Å². The monoisotopic (exact) mass is 321 g/mol. The van der Waals surface area contributed by atoms with Crippen molar-refractivity contribution in [3.8, 4) is 0 Å². The van der Waals surface area contributed by atoms with Crippen LogP contribution in [0.4, 0.5) is 8.78 Å². The molecular formula is C15H13F2N3OS. The van der Waals surface area contributed by atoms with Crippen molar-refractivity contribution in [1.29, 1.82) is 0 Å². The first kappa shape index (κ1) is 16.1. The summed E-state index contributed by atoms with van der Waals surface area (Å²) in [5, 5.41) is 8.40. The number of hydrogen-bond acceptors (Lipinski definition) is 4. The van der Waals surface area contributed by atoms with Crippen molar-refractivity contribution >= 4 is 17.7 Å². The Morgan fingerprint density at radius 1 is 1.27 bits per heavy atom. The predicted octanol–water partition coefficient (Wildman–Crippen LogP) is 2.65. The molecule has 1 unspecified atom stereocenters. The van der Waals surface area contributed by atoms with Gasteiger partial charge in [-0.3, -0.25) is 4.79 Å². The van der Waals surface area contributed by atoms with Crippen molar-refractivity contribution in [2.24, 2.45) is 5.73 Å². The van der Waals surface area contributed by atoms with Gasteiger partial charge in [-0.2, -0.15) is 5.10 Å². The molecule has 0 spiro atoms. The Morgan fingerprint density at radius 2 is 1.95 bits per heavy atom. The molecule has 7 heteroatoms. The summed E-state index contributed by atoms with van der Waals surface area (Å²) >= 11 is 1.40. The standard InChI is InChI=1S/C15H13F2N3OS/c1-2-8-22-12-7-6-11(19-20-12)14(15(18)21)13-9(16)4-3-5-10(13)17/h2-7,14H,1,8H2,(H2,18,21). The molecule has 1 aromatic heterocycles. The molecule has 2 N–H and O–H groups in total. The molecule has 2 rings (SSSR count). The molecule has 0 saturated heterocycles. The minimum atomic E-state index is -1.33. The highest BCUT2D eigenvalue weighted by Gasteiger charge is 2.28. The largest absolute Gasteiger partial charge is 0.369 e. The molecule has 1 aromatic carbocycles. The number of carbonyl (C=O) groups excluding carboxylic acids is 1. The van der Waals surface area contributed by atoms with Crippen molar-refractivity contribution < 1.29 is 13.6 Å². The Labute approximate surface area is 130 Å². The molecule has 0 aliphatic carbocycles. The lowest BCUT2D eigenvalue weighted by Crippen LogP contribution is -2.25. The van der Waals surface area contributed by atoms with Crippen LogP contribution in [-0.2, 0) is 4.79 Å². The first-order valence-corrected chi connectivity index (χ1v) is 7.33. The number of primary amides is 1. The van der Waals surface area contributed by atoms with Gasteiger partial charge in [0.1, 0.15) is 22.6 Å². The van der Waals surface area contributed by atoms with Gasteiger partial charge in [0.25, 0.3) is 0 Å². The summed E-state index contributed by atoms with van der Waals surface area (Å²) in [5.74, 6) is -3.28. The Morgan fingerprint density at radius 3 is 2.45 bits per heavy atom. The Bertz CT molecular complexity index is 671. The third kappa shape index (κ3) is 3.48. The second kappa shape index (κ2) is 7.13. The summed E-state index contributed by atoms with van der Waals surface area (Å²) < 4.78 is 27.8. The Hall–Kier alpha value is -2.28. The molecular weight excluding hydrogens is 308 g/mol. The van der Waals surface area contributed by atoms with E-state index >= 15 is 0 Å². The molecule has 0 saturated carbocycles. The molecule has 0 fully saturated rings. The molecule has 1 heterocycles. The SMILES string of the molecule is C=CCSc1ccc(C(C(N)=O)c2c(F)cccc2F)nn1. The van der Waals surface area contributed by atoms with Crippen LogP contribution in [0.5, 0.6) is 0 Å². The van der Waals surface area contributed by atoms with Crippen molar-refractivity contribution in [3.05, 3.63) is 65.9 Å². The number of nitrogens with two attached hydrogens (primary N) is 1. The molecule has 0 aliphatic heterocycles. The summed E-state index contributed by atoms with van der Waals surface area (Å²) in [5.41, 5.74) is 4.97. The fourth-order valence-electron chi connectivity index (χ4n) is 1.93. The summed E-state index contributed by atoms with van der Waals surface area (Å²) in [6.07, 6.45) is 1.71. The fraction of sp³-hybridized carbons (Fsp3) is 0.133. The molecule has 0 aliphatic rings. The quantitative estimate of drug-likeness (QED) is 0.656. The summed E-state index contributed by atoms with van der Waals surface area (Å²) in [6.45, 7) is 3.59. The van der Waals surface area contributed by atoms with Crippen LogP contribution in [0.25, 0.3) is 0 Å². The van der Waals surface area contributed by atoms with E-state index in [-0.39, 0.29) is 5.69 Å². The zero-order valence-electron chi connectivity index (χ0n) is 11.5. The minimum Gasteiger partial charge on any atom is -0.369 e. The molecule has 4 nitrogen and oxygen atoms in total. The van der Waals surface area contributed by atoms with Gasteiger partial charge in [0.2, 0.25) is 5.91 Å². The number of carbonyl (C=O) groups is 1. The van der Waals surface area contributed by atoms with Gasteiger partial charge in [-0.15, -0.1) is 23.4 Å². The van der Waals surface area contributed by atoms with E-state index in [0.717, 1.165) is 12.1 Å². The first-order chi connectivity index (χ1) is 10.5. The van der Waals surface area contributed by atoms with E-state index in [9.17, 15) is 13.6 Å². The van der Waals surface area contributed by atoms with E-state index in [0.29, 0.717) is 10.8 Å². The summed E-state index contributed by atoms with van der Waals surface area (Å²) in [4.78, 5) is 11.7. The summed E-state index contributed by atoms with van der Waals surface area (Å²) in [6, 6.07) is 6.45. The summed E-state index contributed by atoms with van der Waals surface area (Å²) in [7, 11) is 0. The highest BCUT2D eigenvalue weighted by molar-refractivity contribution is 7.99. The van der Waals surface area contributed by atoms with Crippen LogP contribution < -0.4 is 5.73 Å². The molecule has 22 heavy (non-hydrogen) atoms. The van der Waals surface area contributed by atoms with Gasteiger partial charge in [-0.1, -0.05) is 12.1 Å². The van der Waals surface area contributed by atoms with Gasteiger partial charge in [-0.05, 0) is 24.3 Å². The number of thioether (sulfide) groups is 1. The van der Waals surface area contributed by atoms with Crippen molar-refractivity contribution in [2.45, 2.75) is 10.9 Å². The van der Waals surface area contributed by atoms with Crippen LogP contribution in [0.3, 0.4) is 0 Å². The van der Waals surface area contributed by atoms with Crippen molar-refractivity contribution in [2.75, 3.05) is 5.75 Å². The smallest absolute Gasteiger partial charge is 0.231 e. The molecule has 1 amide bonds. The predicted molar refractivity (Wildman–Crippen MR) is 80.3 cm³/mol. The number of halogens is 2. The molecule has 0 radical (unpaired) electrons. The number of hydrogen-bond donors (Lipinski definition) is 1. The van der Waals surface area contributed by atoms with Crippen LogP contribution in [0, 0.1) is 11.6 Å². The topological polar surface area (TPSA) is 68.9 Å². The lowest BCUT2D eigenvalue weighted by molar-refractivity contribution is -0.118. The number of aromatic nitrogens is 2. The van der Waals surface area contributed by atoms with E-state index in [4.69, 9.17) is 5.73 Å². The van der Waals surface area contributed by atoms with Gasteiger partial charge >= 0.3 is 0 Å². The first-order valence-electron chi connectivity index (χ1n) is 6.35. The average Bonchev–Trinajstić information content (AvgIpc) is 2.49. The van der Waals surface area contributed by atoms with Crippen LogP contribution in [0.2, 0.25) is 0 Å². The third-order valence-corrected chi connectivity index (χ3v) is 3.79. The zero-order chi connectivity index (χ0) is 16.1. The number of benzene rings is 1. The average molecular weight is 321 g/mol. The van der Waals surface area contributed by atoms with Crippen LogP contribution in [-0.4, -0.2) is 21.9 Å². The van der Waals surface area contributed by atoms with Crippen molar-refractivity contribution in [1.82, 2.24) is 10.2 Å². The van der Waals surface area contributed by atoms with Gasteiger partial charge in [0.15, 0.2) is 0 Å². The van der Waals surface area contributed by atoms with Gasteiger partial charge in [0.05, 0.1) is 5.69 Å². The number of nitrogens with zero attached hydrogens (tertiary/aromatic N) is 2. The number of rotatable bonds is 6. The maximum atomic E-state index is 13.9. The van der Waals surface area contributed by atoms with Gasteiger partial charge < -0.3 is 5.73 Å². The van der Waals surface area contributed by atoms with Crippen LogP contribution in [0.15, 0.2) is 48.0 Å². The normalized spacial score (nSPS) is 11.9. The molecule has 1 atom stereocenters. The Kier molecular flexibility index (Phi) is 5.21. The maximum absolute atomic E-state index is 13.9. The van der Waals surface area contributed by atoms with Crippen LogP contribution in [0.1, 0.15) is 17.2 Å². The number of amides is 1. The molecule has 114 valence electrons. The molecule has 0 bridgehead atoms. The van der Waals surface area contributed by atoms with E-state index in [1.54, 1.807) is 12.1 Å². The fourth-order valence-corrected chi connectivity index (χ4v) is 2.48. The highest BCUT2D eigenvalue weighted by atomic mass is 32.2. The second-order valence-electron chi connectivity index (χ2n) is 4.37. The zero-order valence-corrected chi connectivity index (χ0v) is 12.3. The highest BCUT2D eigenvalue weighted by Crippen LogP contribution is 2.28. The van der Waals surface area contributed by atoms with Crippen LogP contribution >= 0.6 is 11.8 Å². The lowest BCUT2D eigenvalue weighted by Gasteiger charge is -2.14. The van der Waals surface area contributed by atoms with E-state index in [1.807, 2.05) is 0 Å². The second-order valence-corrected chi connectivity index (χ2v) is 5.41. The van der Waals surface area contributed by atoms with E-state index in [2.05, 4.69) is 16.8 Å². The van der Waals surface area contributed by atoms with Crippen molar-refractivity contribution in [3.63, 3.8) is 0 Å². The van der Waals surface area contributed by atoms with E-state index in [1.165, 1.54) is 23.9 Å².